The van der Waals surface area contributed by atoms with Crippen LogP contribution in [0.2, 0.25) is 0 Å². The zero-order valence-electron chi connectivity index (χ0n) is 13.4. The van der Waals surface area contributed by atoms with E-state index in [1.54, 1.807) is 0 Å². The zero-order valence-corrected chi connectivity index (χ0v) is 13.4. The lowest BCUT2D eigenvalue weighted by Gasteiger charge is -2.15. The third-order valence-electron chi connectivity index (χ3n) is 3.73. The molecule has 0 spiro atoms. The lowest BCUT2D eigenvalue weighted by atomic mass is 10.1. The molecule has 4 nitrogen and oxygen atoms in total. The van der Waals surface area contributed by atoms with Crippen molar-refractivity contribution in [3.63, 3.8) is 0 Å². The van der Waals surface area contributed by atoms with Crippen LogP contribution in [-0.2, 0) is 10.9 Å². The van der Waals surface area contributed by atoms with E-state index >= 15 is 0 Å². The van der Waals surface area contributed by atoms with Crippen LogP contribution >= 0.6 is 0 Å². The van der Waals surface area contributed by atoms with Crippen LogP contribution in [0.5, 0.6) is 0 Å². The Morgan fingerprint density at radius 2 is 1.88 bits per heavy atom. The summed E-state index contributed by atoms with van der Waals surface area (Å²) >= 11 is 0. The maximum atomic E-state index is 13.4. The van der Waals surface area contributed by atoms with Gasteiger partial charge in [-0.3, -0.25) is 4.98 Å². The molecule has 0 saturated heterocycles. The summed E-state index contributed by atoms with van der Waals surface area (Å²) in [5, 5.41) is 3.07. The quantitative estimate of drug-likeness (QED) is 0.529. The topological polar surface area (TPSA) is 51.2 Å². The number of methoxy groups -OCH3 is 1. The average molecular weight is 364 g/mol. The minimum absolute atomic E-state index is 0.0792. The van der Waals surface area contributed by atoms with E-state index in [-0.39, 0.29) is 27.8 Å². The zero-order chi connectivity index (χ0) is 18.9. The third-order valence-corrected chi connectivity index (χ3v) is 3.73. The number of esters is 1. The van der Waals surface area contributed by atoms with E-state index in [0.29, 0.717) is 0 Å². The summed E-state index contributed by atoms with van der Waals surface area (Å²) in [5.41, 5.74) is -0.692. The van der Waals surface area contributed by atoms with Crippen molar-refractivity contribution in [1.29, 1.82) is 0 Å². The second-order valence-electron chi connectivity index (χ2n) is 5.36. The van der Waals surface area contributed by atoms with Gasteiger partial charge >= 0.3 is 12.1 Å². The molecule has 0 fully saturated rings. The highest BCUT2D eigenvalue weighted by Crippen LogP contribution is 2.36. The number of nitrogens with zero attached hydrogens (tertiary/aromatic N) is 1. The molecule has 0 aliphatic heterocycles. The normalized spacial score (nSPS) is 11.4. The molecule has 1 N–H and O–H groups in total. The highest BCUT2D eigenvalue weighted by Gasteiger charge is 2.33. The average Bonchev–Trinajstić information content (AvgIpc) is 2.61. The fourth-order valence-corrected chi connectivity index (χ4v) is 2.56. The monoisotopic (exact) mass is 364 g/mol. The highest BCUT2D eigenvalue weighted by molar-refractivity contribution is 6.00. The Morgan fingerprint density at radius 3 is 2.58 bits per heavy atom. The number of hydrogen-bond donors (Lipinski definition) is 1. The molecule has 0 saturated carbocycles. The van der Waals surface area contributed by atoms with E-state index in [0.717, 1.165) is 25.3 Å². The Labute approximate surface area is 145 Å². The molecule has 0 aliphatic carbocycles. The number of ether oxygens (including phenoxy) is 1. The second-order valence-corrected chi connectivity index (χ2v) is 5.36. The van der Waals surface area contributed by atoms with Gasteiger partial charge < -0.3 is 10.1 Å². The van der Waals surface area contributed by atoms with Crippen LogP contribution in [-0.4, -0.2) is 18.1 Å². The Bertz CT molecular complexity index is 987. The van der Waals surface area contributed by atoms with Crippen LogP contribution in [0.1, 0.15) is 15.9 Å². The maximum absolute atomic E-state index is 13.4. The molecule has 134 valence electrons. The summed E-state index contributed by atoms with van der Waals surface area (Å²) in [6.07, 6.45) is -3.33. The number of benzene rings is 2. The number of para-hydroxylation sites is 1. The Morgan fingerprint density at radius 1 is 1.12 bits per heavy atom. The number of rotatable bonds is 3. The fourth-order valence-electron chi connectivity index (χ4n) is 2.56. The minimum atomic E-state index is -4.56. The molecular formula is C18H12F4N2O2. The largest absolute Gasteiger partial charge is 0.465 e. The standard InChI is InChI=1S/C18H12F4N2O2/c1-26-17(25)12-9-10(19)5-6-14(12)24-15-7-8-23-16-11(15)3-2-4-13(16)18(20,21)22/h2-9H,1H3,(H,23,24). The number of anilines is 2. The van der Waals surface area contributed by atoms with Gasteiger partial charge in [0.2, 0.25) is 0 Å². The van der Waals surface area contributed by atoms with Gasteiger partial charge in [-0.1, -0.05) is 12.1 Å². The summed E-state index contributed by atoms with van der Waals surface area (Å²) in [6.45, 7) is 0. The number of carbonyl (C=O) groups excluding carboxylic acids is 1. The van der Waals surface area contributed by atoms with Crippen LogP contribution in [0.25, 0.3) is 10.9 Å². The van der Waals surface area contributed by atoms with Crippen molar-refractivity contribution >= 4 is 28.2 Å². The molecule has 0 aliphatic rings. The summed E-state index contributed by atoms with van der Waals surface area (Å²) < 4.78 is 57.6. The first-order valence-electron chi connectivity index (χ1n) is 7.41. The van der Waals surface area contributed by atoms with Gasteiger partial charge in [-0.25, -0.2) is 9.18 Å². The Kier molecular flexibility index (Phi) is 4.50. The van der Waals surface area contributed by atoms with Gasteiger partial charge in [0.05, 0.1) is 29.4 Å². The predicted molar refractivity (Wildman–Crippen MR) is 87.8 cm³/mol. The molecule has 1 heterocycles. The number of aromatic nitrogens is 1. The van der Waals surface area contributed by atoms with Gasteiger partial charge in [0.1, 0.15) is 5.82 Å². The van der Waals surface area contributed by atoms with Gasteiger partial charge in [-0.2, -0.15) is 13.2 Å². The maximum Gasteiger partial charge on any atom is 0.418 e. The molecule has 0 bridgehead atoms. The van der Waals surface area contributed by atoms with E-state index in [1.807, 2.05) is 0 Å². The first kappa shape index (κ1) is 17.7. The van der Waals surface area contributed by atoms with Crippen molar-refractivity contribution in [2.45, 2.75) is 6.18 Å². The van der Waals surface area contributed by atoms with Gasteiger partial charge in [0, 0.05) is 17.3 Å². The first-order chi connectivity index (χ1) is 12.3. The summed E-state index contributed by atoms with van der Waals surface area (Å²) in [4.78, 5) is 15.7. The number of alkyl halides is 3. The van der Waals surface area contributed by atoms with Crippen molar-refractivity contribution in [3.8, 4) is 0 Å². The molecule has 26 heavy (non-hydrogen) atoms. The third kappa shape index (κ3) is 3.30. The smallest absolute Gasteiger partial charge is 0.418 e. The molecule has 1 aromatic heterocycles. The van der Waals surface area contributed by atoms with Gasteiger partial charge in [-0.15, -0.1) is 0 Å². The molecule has 8 heteroatoms. The number of carbonyl (C=O) groups is 1. The SMILES string of the molecule is COC(=O)c1cc(F)ccc1Nc1ccnc2c(C(F)(F)F)cccc12. The molecule has 0 atom stereocenters. The summed E-state index contributed by atoms with van der Waals surface area (Å²) in [5.74, 6) is -1.42. The predicted octanol–water partition coefficient (Wildman–Crippen LogP) is 4.92. The highest BCUT2D eigenvalue weighted by atomic mass is 19.4. The van der Waals surface area contributed by atoms with E-state index in [4.69, 9.17) is 0 Å². The molecular weight excluding hydrogens is 352 g/mol. The van der Waals surface area contributed by atoms with Crippen LogP contribution < -0.4 is 5.32 Å². The van der Waals surface area contributed by atoms with Crippen LogP contribution in [0.3, 0.4) is 0 Å². The molecule has 0 amide bonds. The summed E-state index contributed by atoms with van der Waals surface area (Å²) in [7, 11) is 1.15. The Hall–Kier alpha value is -3.16. The van der Waals surface area contributed by atoms with E-state index in [2.05, 4.69) is 15.0 Å². The fraction of sp³-hybridized carbons (Fsp3) is 0.111. The van der Waals surface area contributed by atoms with E-state index < -0.39 is 23.5 Å². The second kappa shape index (κ2) is 6.62. The van der Waals surface area contributed by atoms with Crippen molar-refractivity contribution in [2.24, 2.45) is 0 Å². The van der Waals surface area contributed by atoms with Crippen LogP contribution in [0.4, 0.5) is 28.9 Å². The number of fused-ring (bicyclic) bond motifs is 1. The van der Waals surface area contributed by atoms with Crippen LogP contribution in [0, 0.1) is 5.82 Å². The first-order valence-corrected chi connectivity index (χ1v) is 7.41. The molecule has 3 aromatic rings. The van der Waals surface area contributed by atoms with Gasteiger partial charge in [0.15, 0.2) is 0 Å². The minimum Gasteiger partial charge on any atom is -0.465 e. The van der Waals surface area contributed by atoms with E-state index in [9.17, 15) is 22.4 Å². The lowest BCUT2D eigenvalue weighted by molar-refractivity contribution is -0.136. The Balaban J connectivity index is 2.13. The number of nitrogens with one attached hydrogen (secondary N) is 1. The van der Waals surface area contributed by atoms with E-state index in [1.165, 1.54) is 30.5 Å². The van der Waals surface area contributed by atoms with Crippen molar-refractivity contribution in [2.75, 3.05) is 12.4 Å². The van der Waals surface area contributed by atoms with Crippen molar-refractivity contribution in [3.05, 3.63) is 65.6 Å². The number of pyridine rings is 1. The molecule has 0 unspecified atom stereocenters. The van der Waals surface area contributed by atoms with Crippen LogP contribution in [0.15, 0.2) is 48.7 Å². The van der Waals surface area contributed by atoms with Crippen molar-refractivity contribution in [1.82, 2.24) is 4.98 Å². The molecule has 2 aromatic carbocycles. The lowest BCUT2D eigenvalue weighted by Crippen LogP contribution is -2.08. The summed E-state index contributed by atoms with van der Waals surface area (Å²) in [6, 6.07) is 8.56. The van der Waals surface area contributed by atoms with Gasteiger partial charge in [-0.05, 0) is 30.3 Å². The molecule has 0 radical (unpaired) electrons. The van der Waals surface area contributed by atoms with Gasteiger partial charge in [0.25, 0.3) is 0 Å². The number of hydrogen-bond acceptors (Lipinski definition) is 4. The van der Waals surface area contributed by atoms with Crippen molar-refractivity contribution < 1.29 is 27.1 Å². The molecule has 3 rings (SSSR count). The number of halogens is 4.